The van der Waals surface area contributed by atoms with Crippen molar-refractivity contribution in [3.8, 4) is 11.5 Å². The molecule has 0 spiro atoms. The number of ether oxygens (including phenoxy) is 5. The normalized spacial score (nSPS) is 20.6. The molecule has 0 aliphatic carbocycles. The highest BCUT2D eigenvalue weighted by molar-refractivity contribution is 5.49. The lowest BCUT2D eigenvalue weighted by molar-refractivity contribution is -0.0926. The summed E-state index contributed by atoms with van der Waals surface area (Å²) in [7, 11) is 4.85. The molecule has 0 bridgehead atoms. The van der Waals surface area contributed by atoms with Crippen LogP contribution in [0, 0.1) is 5.92 Å². The Kier molecular flexibility index (Phi) is 8.39. The third-order valence-corrected chi connectivity index (χ3v) is 7.73. The molecule has 1 aromatic heterocycles. The second-order valence-electron chi connectivity index (χ2n) is 9.96. The van der Waals surface area contributed by atoms with Gasteiger partial charge >= 0.3 is 5.69 Å². The van der Waals surface area contributed by atoms with Crippen LogP contribution in [0.2, 0.25) is 0 Å². The molecule has 3 aromatic carbocycles. The van der Waals surface area contributed by atoms with Crippen LogP contribution in [0.1, 0.15) is 29.8 Å². The Bertz CT molecular complexity index is 1500. The van der Waals surface area contributed by atoms with Gasteiger partial charge in [-0.1, -0.05) is 61.5 Å². The van der Waals surface area contributed by atoms with E-state index in [2.05, 4.69) is 4.98 Å². The van der Waals surface area contributed by atoms with E-state index in [9.17, 15) is 9.59 Å². The zero-order valence-electron chi connectivity index (χ0n) is 23.5. The number of nitrogens with zero attached hydrogens (tertiary/aromatic N) is 1. The Morgan fingerprint density at radius 1 is 0.805 bits per heavy atom. The first kappa shape index (κ1) is 28.4. The summed E-state index contributed by atoms with van der Waals surface area (Å²) >= 11 is 0. The lowest BCUT2D eigenvalue weighted by Gasteiger charge is -2.37. The first-order chi connectivity index (χ1) is 19.9. The molecule has 5 rings (SSSR count). The van der Waals surface area contributed by atoms with E-state index in [0.29, 0.717) is 0 Å². The Hall–Kier alpha value is -4.18. The number of nitrogens with one attached hydrogen (secondary N) is 1. The number of aromatic amines is 1. The second-order valence-corrected chi connectivity index (χ2v) is 9.96. The summed E-state index contributed by atoms with van der Waals surface area (Å²) in [6.07, 6.45) is -0.179. The fraction of sp³-hybridized carbons (Fsp3) is 0.312. The third-order valence-electron chi connectivity index (χ3n) is 7.73. The minimum Gasteiger partial charge on any atom is -0.497 e. The van der Waals surface area contributed by atoms with Crippen LogP contribution >= 0.6 is 0 Å². The van der Waals surface area contributed by atoms with Crippen molar-refractivity contribution in [2.24, 2.45) is 5.92 Å². The zero-order chi connectivity index (χ0) is 29.0. The van der Waals surface area contributed by atoms with Gasteiger partial charge in [0.15, 0.2) is 6.23 Å². The number of methoxy groups -OCH3 is 3. The summed E-state index contributed by atoms with van der Waals surface area (Å²) < 4.78 is 31.4. The van der Waals surface area contributed by atoms with Crippen LogP contribution in [0.15, 0.2) is 101 Å². The molecule has 0 radical (unpaired) electrons. The molecule has 0 amide bonds. The number of aromatic nitrogens is 2. The molecule has 2 heterocycles. The monoisotopic (exact) mass is 558 g/mol. The maximum absolute atomic E-state index is 12.6. The molecule has 1 N–H and O–H groups in total. The molecule has 9 nitrogen and oxygen atoms in total. The molecular formula is C32H34N2O7. The SMILES string of the molecule is COc1ccc(C(OC[C@H]2O[C@@H](n3ccc(=O)[nH]c3=O)C(OC)[C@H]2C)(c2ccccc2)c2ccc(OC)cc2)cc1. The van der Waals surface area contributed by atoms with E-state index in [0.717, 1.165) is 28.2 Å². The molecule has 214 valence electrons. The van der Waals surface area contributed by atoms with Crippen LogP contribution in [-0.4, -0.2) is 49.7 Å². The molecule has 1 aliphatic heterocycles. The maximum Gasteiger partial charge on any atom is 0.330 e. The van der Waals surface area contributed by atoms with Gasteiger partial charge in [-0.3, -0.25) is 14.3 Å². The summed E-state index contributed by atoms with van der Waals surface area (Å²) in [4.78, 5) is 26.6. The third kappa shape index (κ3) is 5.44. The maximum atomic E-state index is 12.6. The Morgan fingerprint density at radius 3 is 1.88 bits per heavy atom. The Balaban J connectivity index is 1.57. The van der Waals surface area contributed by atoms with Crippen molar-refractivity contribution in [2.45, 2.75) is 31.0 Å². The van der Waals surface area contributed by atoms with E-state index >= 15 is 0 Å². The standard InChI is InChI=1S/C32H34N2O7/c1-21-27(41-30(29(21)39-4)34-19-18-28(35)33-31(34)36)20-40-32(22-8-6-5-7-9-22,23-10-14-25(37-2)15-11-23)24-12-16-26(38-3)17-13-24/h5-19,21,27,29-30H,20H2,1-4H3,(H,33,35,36)/t21-,27+,29?,30+/m0/s1. The molecule has 1 aliphatic rings. The van der Waals surface area contributed by atoms with Gasteiger partial charge in [-0.25, -0.2) is 4.79 Å². The number of hydrogen-bond acceptors (Lipinski definition) is 7. The average molecular weight is 559 g/mol. The minimum absolute atomic E-state index is 0.135. The summed E-state index contributed by atoms with van der Waals surface area (Å²) in [5, 5.41) is 0. The fourth-order valence-corrected chi connectivity index (χ4v) is 5.51. The van der Waals surface area contributed by atoms with Crippen molar-refractivity contribution < 1.29 is 23.7 Å². The van der Waals surface area contributed by atoms with Crippen LogP contribution in [-0.2, 0) is 19.8 Å². The van der Waals surface area contributed by atoms with Gasteiger partial charge in [0.2, 0.25) is 0 Å². The van der Waals surface area contributed by atoms with Gasteiger partial charge in [-0.05, 0) is 41.0 Å². The Labute approximate surface area is 238 Å². The number of rotatable bonds is 10. The smallest absolute Gasteiger partial charge is 0.330 e. The van der Waals surface area contributed by atoms with Crippen molar-refractivity contribution in [3.63, 3.8) is 0 Å². The minimum atomic E-state index is -1.02. The number of H-pyrrole nitrogens is 1. The lowest BCUT2D eigenvalue weighted by Crippen LogP contribution is -2.37. The quantitative estimate of drug-likeness (QED) is 0.292. The van der Waals surface area contributed by atoms with E-state index in [1.54, 1.807) is 21.3 Å². The van der Waals surface area contributed by atoms with Crippen LogP contribution in [0.25, 0.3) is 0 Å². The van der Waals surface area contributed by atoms with E-state index in [1.807, 2.05) is 85.8 Å². The number of benzene rings is 3. The average Bonchev–Trinajstić information content (AvgIpc) is 3.33. The zero-order valence-corrected chi connectivity index (χ0v) is 23.5. The van der Waals surface area contributed by atoms with Gasteiger partial charge in [0.05, 0.1) is 26.9 Å². The van der Waals surface area contributed by atoms with Gasteiger partial charge in [0.25, 0.3) is 5.56 Å². The predicted molar refractivity (Wildman–Crippen MR) is 153 cm³/mol. The highest BCUT2D eigenvalue weighted by atomic mass is 16.6. The molecule has 1 unspecified atom stereocenters. The van der Waals surface area contributed by atoms with E-state index in [-0.39, 0.29) is 12.5 Å². The summed E-state index contributed by atoms with van der Waals surface area (Å²) in [6, 6.07) is 26.9. The van der Waals surface area contributed by atoms with Crippen LogP contribution in [0.4, 0.5) is 0 Å². The number of hydrogen-bond donors (Lipinski definition) is 1. The van der Waals surface area contributed by atoms with E-state index in [1.165, 1.54) is 16.8 Å². The van der Waals surface area contributed by atoms with E-state index in [4.69, 9.17) is 23.7 Å². The van der Waals surface area contributed by atoms with Crippen molar-refractivity contribution in [3.05, 3.63) is 129 Å². The van der Waals surface area contributed by atoms with Gasteiger partial charge in [0.1, 0.15) is 23.2 Å². The molecular weight excluding hydrogens is 524 g/mol. The summed E-state index contributed by atoms with van der Waals surface area (Å²) in [5.74, 6) is 1.33. The predicted octanol–water partition coefficient (Wildman–Crippen LogP) is 4.11. The summed E-state index contributed by atoms with van der Waals surface area (Å²) in [6.45, 7) is 2.19. The Morgan fingerprint density at radius 2 is 1.37 bits per heavy atom. The van der Waals surface area contributed by atoms with Gasteiger partial charge < -0.3 is 23.7 Å². The van der Waals surface area contributed by atoms with Crippen LogP contribution in [0.5, 0.6) is 11.5 Å². The van der Waals surface area contributed by atoms with Crippen molar-refractivity contribution in [2.75, 3.05) is 27.9 Å². The second kappa shape index (κ2) is 12.1. The van der Waals surface area contributed by atoms with E-state index < -0.39 is 35.3 Å². The van der Waals surface area contributed by atoms with Crippen molar-refractivity contribution in [1.29, 1.82) is 0 Å². The fourth-order valence-electron chi connectivity index (χ4n) is 5.51. The van der Waals surface area contributed by atoms with Crippen LogP contribution in [0.3, 0.4) is 0 Å². The molecule has 41 heavy (non-hydrogen) atoms. The first-order valence-corrected chi connectivity index (χ1v) is 13.4. The lowest BCUT2D eigenvalue weighted by atomic mass is 9.80. The highest BCUT2D eigenvalue weighted by Crippen LogP contribution is 2.43. The van der Waals surface area contributed by atoms with Crippen LogP contribution < -0.4 is 20.7 Å². The molecule has 0 saturated carbocycles. The van der Waals surface area contributed by atoms with Gasteiger partial charge in [-0.2, -0.15) is 0 Å². The molecule has 4 aromatic rings. The topological polar surface area (TPSA) is 101 Å². The van der Waals surface area contributed by atoms with Gasteiger partial charge in [0, 0.05) is 25.3 Å². The summed E-state index contributed by atoms with van der Waals surface area (Å²) in [5.41, 5.74) is 0.677. The largest absolute Gasteiger partial charge is 0.497 e. The van der Waals surface area contributed by atoms with Crippen molar-refractivity contribution >= 4 is 0 Å². The molecule has 4 atom stereocenters. The van der Waals surface area contributed by atoms with Gasteiger partial charge in [-0.15, -0.1) is 0 Å². The molecule has 1 saturated heterocycles. The molecule has 9 heteroatoms. The highest BCUT2D eigenvalue weighted by Gasteiger charge is 2.46. The first-order valence-electron chi connectivity index (χ1n) is 13.4. The molecule has 1 fully saturated rings. The van der Waals surface area contributed by atoms with Crippen molar-refractivity contribution in [1.82, 2.24) is 9.55 Å².